The largest absolute Gasteiger partial charge is 0.452 e. The lowest BCUT2D eigenvalue weighted by atomic mass is 9.97. The number of para-hydroxylation sites is 1. The van der Waals surface area contributed by atoms with E-state index in [4.69, 9.17) is 16.3 Å². The number of ether oxygens (including phenoxy) is 2. The Labute approximate surface area is 200 Å². The lowest BCUT2D eigenvalue weighted by molar-refractivity contribution is -0.158. The van der Waals surface area contributed by atoms with Gasteiger partial charge in [0, 0.05) is 24.5 Å². The highest BCUT2D eigenvalue weighted by Gasteiger charge is 2.30. The normalized spacial score (nSPS) is 14.9. The summed E-state index contributed by atoms with van der Waals surface area (Å²) in [5.74, 6) is -1.79. The minimum absolute atomic E-state index is 0.106. The van der Waals surface area contributed by atoms with Gasteiger partial charge in [0.25, 0.3) is 5.91 Å². The van der Waals surface area contributed by atoms with Crippen LogP contribution in [0.1, 0.15) is 19.8 Å². The number of hydrogen-bond donors (Lipinski definition) is 2. The molecule has 1 unspecified atom stereocenters. The van der Waals surface area contributed by atoms with E-state index in [2.05, 4.69) is 15.4 Å². The van der Waals surface area contributed by atoms with Gasteiger partial charge in [0.1, 0.15) is 5.75 Å². The molecule has 1 heterocycles. The van der Waals surface area contributed by atoms with Gasteiger partial charge in [-0.15, -0.1) is 0 Å². The van der Waals surface area contributed by atoms with Crippen LogP contribution in [0.25, 0.3) is 0 Å². The molecule has 2 N–H and O–H groups in total. The third-order valence-corrected chi connectivity index (χ3v) is 5.51. The van der Waals surface area contributed by atoms with Crippen LogP contribution in [0.4, 0.5) is 25.0 Å². The molecule has 3 rings (SSSR count). The third kappa shape index (κ3) is 7.05. The average molecular weight is 496 g/mol. The Kier molecular flexibility index (Phi) is 8.64. The number of alkyl halides is 2. The zero-order chi connectivity index (χ0) is 24.7. The molecule has 34 heavy (non-hydrogen) atoms. The molecule has 1 atom stereocenters. The molecule has 0 bridgehead atoms. The lowest BCUT2D eigenvalue weighted by Gasteiger charge is -2.31. The Morgan fingerprint density at radius 1 is 1.03 bits per heavy atom. The van der Waals surface area contributed by atoms with E-state index >= 15 is 0 Å². The van der Waals surface area contributed by atoms with Gasteiger partial charge in [-0.2, -0.15) is 8.78 Å². The fourth-order valence-corrected chi connectivity index (χ4v) is 3.61. The predicted molar refractivity (Wildman–Crippen MR) is 122 cm³/mol. The van der Waals surface area contributed by atoms with Gasteiger partial charge < -0.3 is 25.0 Å². The van der Waals surface area contributed by atoms with Gasteiger partial charge in [-0.1, -0.05) is 29.8 Å². The Morgan fingerprint density at radius 3 is 2.32 bits per heavy atom. The molecular formula is C23H24ClF2N3O5. The molecule has 0 saturated carbocycles. The topological polar surface area (TPSA) is 97.0 Å². The highest BCUT2D eigenvalue weighted by molar-refractivity contribution is 6.32. The zero-order valence-corrected chi connectivity index (χ0v) is 19.1. The van der Waals surface area contributed by atoms with Crippen molar-refractivity contribution in [1.29, 1.82) is 0 Å². The lowest BCUT2D eigenvalue weighted by Crippen LogP contribution is -2.43. The van der Waals surface area contributed by atoms with Crippen LogP contribution in [0.2, 0.25) is 5.02 Å². The van der Waals surface area contributed by atoms with Crippen molar-refractivity contribution < 1.29 is 32.6 Å². The van der Waals surface area contributed by atoms with Gasteiger partial charge in [0.05, 0.1) is 10.9 Å². The van der Waals surface area contributed by atoms with E-state index in [-0.39, 0.29) is 22.5 Å². The van der Waals surface area contributed by atoms with E-state index in [0.717, 1.165) is 0 Å². The molecule has 0 aromatic heterocycles. The second-order valence-electron chi connectivity index (χ2n) is 7.65. The molecule has 0 radical (unpaired) electrons. The number of urea groups is 1. The minimum atomic E-state index is -3.03. The molecule has 1 aliphatic heterocycles. The number of nitrogens with one attached hydrogen (secondary N) is 2. The standard InChI is InChI=1S/C23H24ClF2N3O5/c1-14(20(30)27-17-7-8-19(18(24)13-17)34-22(25)26)33-21(31)15-9-11-29(12-10-15)23(32)28-16-5-3-2-4-6-16/h2-8,13-15,22H,9-12H2,1H3,(H,27,30)(H,28,32). The number of anilines is 2. The monoisotopic (exact) mass is 495 g/mol. The van der Waals surface area contributed by atoms with Crippen molar-refractivity contribution >= 4 is 40.9 Å². The summed E-state index contributed by atoms with van der Waals surface area (Å²) in [6.45, 7) is -0.844. The minimum Gasteiger partial charge on any atom is -0.452 e. The van der Waals surface area contributed by atoms with E-state index in [0.29, 0.717) is 31.6 Å². The van der Waals surface area contributed by atoms with Gasteiger partial charge in [-0.25, -0.2) is 4.79 Å². The van der Waals surface area contributed by atoms with E-state index in [1.54, 1.807) is 17.0 Å². The van der Waals surface area contributed by atoms with Crippen LogP contribution in [0.15, 0.2) is 48.5 Å². The Balaban J connectivity index is 1.45. The summed E-state index contributed by atoms with van der Waals surface area (Å²) >= 11 is 5.87. The fraction of sp³-hybridized carbons (Fsp3) is 0.348. The molecule has 182 valence electrons. The number of hydrogen-bond acceptors (Lipinski definition) is 5. The van der Waals surface area contributed by atoms with Crippen LogP contribution >= 0.6 is 11.6 Å². The number of halogens is 3. The van der Waals surface area contributed by atoms with E-state index in [1.165, 1.54) is 25.1 Å². The smallest absolute Gasteiger partial charge is 0.387 e. The number of nitrogens with zero attached hydrogens (tertiary/aromatic N) is 1. The number of carbonyl (C=O) groups excluding carboxylic acids is 3. The first-order chi connectivity index (χ1) is 16.2. The number of rotatable bonds is 7. The summed E-state index contributed by atoms with van der Waals surface area (Å²) in [6.07, 6.45) is -0.268. The van der Waals surface area contributed by atoms with Crippen molar-refractivity contribution in [3.8, 4) is 5.75 Å². The second-order valence-corrected chi connectivity index (χ2v) is 8.06. The summed E-state index contributed by atoms with van der Waals surface area (Å²) < 4.78 is 34.2. The van der Waals surface area contributed by atoms with Gasteiger partial charge in [0.2, 0.25) is 0 Å². The fourth-order valence-electron chi connectivity index (χ4n) is 3.38. The number of likely N-dealkylation sites (tertiary alicyclic amines) is 1. The molecule has 2 aromatic carbocycles. The van der Waals surface area contributed by atoms with Crippen molar-refractivity contribution in [3.63, 3.8) is 0 Å². The molecule has 0 spiro atoms. The van der Waals surface area contributed by atoms with Gasteiger partial charge in [0.15, 0.2) is 6.10 Å². The van der Waals surface area contributed by atoms with E-state index < -0.39 is 30.5 Å². The van der Waals surface area contributed by atoms with Crippen molar-refractivity contribution in [2.45, 2.75) is 32.5 Å². The van der Waals surface area contributed by atoms with Gasteiger partial charge in [-0.3, -0.25) is 9.59 Å². The number of amides is 3. The van der Waals surface area contributed by atoms with Crippen LogP contribution in [0.5, 0.6) is 5.75 Å². The SMILES string of the molecule is CC(OC(=O)C1CCN(C(=O)Nc2ccccc2)CC1)C(=O)Nc1ccc(OC(F)F)c(Cl)c1. The Morgan fingerprint density at radius 2 is 1.71 bits per heavy atom. The molecule has 1 aliphatic rings. The quantitative estimate of drug-likeness (QED) is 0.540. The van der Waals surface area contributed by atoms with Crippen LogP contribution in [0, 0.1) is 5.92 Å². The Bertz CT molecular complexity index is 1020. The first-order valence-electron chi connectivity index (χ1n) is 10.6. The Hall–Kier alpha value is -3.40. The van der Waals surface area contributed by atoms with Gasteiger partial charge >= 0.3 is 18.6 Å². The maximum atomic E-state index is 12.5. The number of carbonyl (C=O) groups is 3. The summed E-state index contributed by atoms with van der Waals surface area (Å²) in [4.78, 5) is 38.9. The van der Waals surface area contributed by atoms with Crippen molar-refractivity contribution in [2.75, 3.05) is 23.7 Å². The second kappa shape index (κ2) is 11.6. The highest BCUT2D eigenvalue weighted by atomic mass is 35.5. The van der Waals surface area contributed by atoms with Gasteiger partial charge in [-0.05, 0) is 50.1 Å². The predicted octanol–water partition coefficient (Wildman–Crippen LogP) is 4.76. The van der Waals surface area contributed by atoms with Crippen LogP contribution in [-0.2, 0) is 14.3 Å². The van der Waals surface area contributed by atoms with Crippen molar-refractivity contribution in [1.82, 2.24) is 4.90 Å². The van der Waals surface area contributed by atoms with Crippen molar-refractivity contribution in [2.24, 2.45) is 5.92 Å². The molecular weight excluding hydrogens is 472 g/mol. The maximum Gasteiger partial charge on any atom is 0.387 e. The van der Waals surface area contributed by atoms with Crippen molar-refractivity contribution in [3.05, 3.63) is 53.6 Å². The maximum absolute atomic E-state index is 12.5. The molecule has 1 fully saturated rings. The summed E-state index contributed by atoms with van der Waals surface area (Å²) in [5.41, 5.74) is 0.920. The van der Waals surface area contributed by atoms with Crippen LogP contribution < -0.4 is 15.4 Å². The third-order valence-electron chi connectivity index (χ3n) is 5.22. The number of benzene rings is 2. The number of esters is 1. The summed E-state index contributed by atoms with van der Waals surface area (Å²) in [7, 11) is 0. The summed E-state index contributed by atoms with van der Waals surface area (Å²) in [6, 6.07) is 12.6. The highest BCUT2D eigenvalue weighted by Crippen LogP contribution is 2.29. The molecule has 0 aliphatic carbocycles. The average Bonchev–Trinajstić information content (AvgIpc) is 2.81. The molecule has 11 heteroatoms. The number of piperidine rings is 1. The molecule has 3 amide bonds. The van der Waals surface area contributed by atoms with E-state index in [9.17, 15) is 23.2 Å². The van der Waals surface area contributed by atoms with Crippen LogP contribution in [0.3, 0.4) is 0 Å². The first kappa shape index (κ1) is 25.2. The molecule has 2 aromatic rings. The molecule has 1 saturated heterocycles. The first-order valence-corrected chi connectivity index (χ1v) is 11.0. The van der Waals surface area contributed by atoms with Crippen LogP contribution in [-0.4, -0.2) is 48.6 Å². The molecule has 8 nitrogen and oxygen atoms in total. The van der Waals surface area contributed by atoms with E-state index in [1.807, 2.05) is 18.2 Å². The zero-order valence-electron chi connectivity index (χ0n) is 18.3. The summed E-state index contributed by atoms with van der Waals surface area (Å²) in [5, 5.41) is 5.21.